The smallest absolute Gasteiger partial charge is 0.255 e. The molecule has 1 aliphatic heterocycles. The number of aryl methyl sites for hydroxylation is 1. The Bertz CT molecular complexity index is 986. The number of anilines is 1. The second-order valence-corrected chi connectivity index (χ2v) is 6.50. The van der Waals surface area contributed by atoms with Crippen LogP contribution in [0.5, 0.6) is 5.75 Å². The third-order valence-corrected chi connectivity index (χ3v) is 4.65. The van der Waals surface area contributed by atoms with Crippen LogP contribution in [0.25, 0.3) is 0 Å². The molecule has 0 fully saturated rings. The minimum absolute atomic E-state index is 0.0997. The SMILES string of the molecule is Cc1cccc2c1NC(c1ccc(OCc3ccccc3F)cc1)NC2=O. The molecule has 0 spiro atoms. The number of hydrogen-bond acceptors (Lipinski definition) is 3. The van der Waals surface area contributed by atoms with E-state index in [1.165, 1.54) is 6.07 Å². The van der Waals surface area contributed by atoms with E-state index >= 15 is 0 Å². The van der Waals surface area contributed by atoms with Crippen LogP contribution in [0, 0.1) is 12.7 Å². The van der Waals surface area contributed by atoms with Crippen LogP contribution in [-0.2, 0) is 6.61 Å². The minimum atomic E-state index is -0.313. The fourth-order valence-corrected chi connectivity index (χ4v) is 3.14. The molecule has 0 aromatic heterocycles. The van der Waals surface area contributed by atoms with Gasteiger partial charge in [0.25, 0.3) is 5.91 Å². The minimum Gasteiger partial charge on any atom is -0.489 e. The second-order valence-electron chi connectivity index (χ2n) is 6.50. The van der Waals surface area contributed by atoms with Crippen LogP contribution >= 0.6 is 0 Å². The number of hydrogen-bond donors (Lipinski definition) is 2. The van der Waals surface area contributed by atoms with Gasteiger partial charge in [0.1, 0.15) is 24.3 Å². The zero-order chi connectivity index (χ0) is 18.8. The molecule has 0 radical (unpaired) electrons. The number of carbonyl (C=O) groups is 1. The van der Waals surface area contributed by atoms with Crippen LogP contribution in [0.4, 0.5) is 10.1 Å². The lowest BCUT2D eigenvalue weighted by Crippen LogP contribution is -2.38. The number of amides is 1. The standard InChI is InChI=1S/C22H19FN2O2/c1-14-5-4-7-18-20(14)24-21(25-22(18)26)15-9-11-17(12-10-15)27-13-16-6-2-3-8-19(16)23/h2-12,21,24H,13H2,1H3,(H,25,26). The first-order valence-electron chi connectivity index (χ1n) is 8.75. The van der Waals surface area contributed by atoms with E-state index in [0.29, 0.717) is 16.9 Å². The van der Waals surface area contributed by atoms with Crippen molar-refractivity contribution in [1.29, 1.82) is 0 Å². The van der Waals surface area contributed by atoms with Crippen LogP contribution in [0.15, 0.2) is 66.7 Å². The normalized spacial score (nSPS) is 15.5. The number of carbonyl (C=O) groups excluding carboxylic acids is 1. The highest BCUT2D eigenvalue weighted by atomic mass is 19.1. The summed E-state index contributed by atoms with van der Waals surface area (Å²) in [6.07, 6.45) is -0.313. The summed E-state index contributed by atoms with van der Waals surface area (Å²) >= 11 is 0. The quantitative estimate of drug-likeness (QED) is 0.715. The van der Waals surface area contributed by atoms with E-state index in [4.69, 9.17) is 4.74 Å². The molecule has 4 rings (SSSR count). The zero-order valence-corrected chi connectivity index (χ0v) is 14.8. The van der Waals surface area contributed by atoms with Crippen molar-refractivity contribution in [2.24, 2.45) is 0 Å². The number of nitrogens with one attached hydrogen (secondary N) is 2. The summed E-state index contributed by atoms with van der Waals surface area (Å²) in [5.74, 6) is 0.260. The molecule has 136 valence electrons. The van der Waals surface area contributed by atoms with E-state index in [0.717, 1.165) is 16.8 Å². The predicted octanol–water partition coefficient (Wildman–Crippen LogP) is 4.57. The van der Waals surface area contributed by atoms with Crippen molar-refractivity contribution in [3.63, 3.8) is 0 Å². The van der Waals surface area contributed by atoms with Gasteiger partial charge >= 0.3 is 0 Å². The van der Waals surface area contributed by atoms with Crippen LogP contribution < -0.4 is 15.4 Å². The highest BCUT2D eigenvalue weighted by molar-refractivity contribution is 6.02. The first kappa shape index (κ1) is 17.1. The number of ether oxygens (including phenoxy) is 1. The third kappa shape index (κ3) is 3.49. The second kappa shape index (κ2) is 7.11. The maximum atomic E-state index is 13.7. The van der Waals surface area contributed by atoms with Crippen molar-refractivity contribution in [2.75, 3.05) is 5.32 Å². The molecule has 4 nitrogen and oxygen atoms in total. The molecule has 2 N–H and O–H groups in total. The summed E-state index contributed by atoms with van der Waals surface area (Å²) in [5.41, 5.74) is 3.95. The van der Waals surface area contributed by atoms with Gasteiger partial charge < -0.3 is 15.4 Å². The van der Waals surface area contributed by atoms with Gasteiger partial charge in [-0.05, 0) is 42.3 Å². The summed E-state index contributed by atoms with van der Waals surface area (Å²) in [5, 5.41) is 6.33. The number of benzene rings is 3. The summed E-state index contributed by atoms with van der Waals surface area (Å²) in [6.45, 7) is 2.14. The number of para-hydroxylation sites is 1. The van der Waals surface area contributed by atoms with Crippen molar-refractivity contribution in [2.45, 2.75) is 19.7 Å². The molecule has 1 amide bonds. The number of halogens is 1. The molecule has 0 aliphatic carbocycles. The van der Waals surface area contributed by atoms with Gasteiger partial charge in [-0.15, -0.1) is 0 Å². The lowest BCUT2D eigenvalue weighted by molar-refractivity contribution is 0.0935. The Morgan fingerprint density at radius 2 is 1.74 bits per heavy atom. The van der Waals surface area contributed by atoms with E-state index in [-0.39, 0.29) is 24.5 Å². The van der Waals surface area contributed by atoms with Gasteiger partial charge in [-0.3, -0.25) is 4.79 Å². The molecule has 0 saturated carbocycles. The van der Waals surface area contributed by atoms with E-state index in [1.807, 2.05) is 43.3 Å². The molecule has 1 aliphatic rings. The molecule has 3 aromatic carbocycles. The molecule has 1 atom stereocenters. The Balaban J connectivity index is 1.47. The van der Waals surface area contributed by atoms with E-state index in [9.17, 15) is 9.18 Å². The van der Waals surface area contributed by atoms with E-state index in [1.54, 1.807) is 24.3 Å². The molecule has 27 heavy (non-hydrogen) atoms. The van der Waals surface area contributed by atoms with Crippen LogP contribution in [0.3, 0.4) is 0 Å². The highest BCUT2D eigenvalue weighted by Crippen LogP contribution is 2.30. The van der Waals surface area contributed by atoms with Gasteiger partial charge in [-0.25, -0.2) is 4.39 Å². The monoisotopic (exact) mass is 362 g/mol. The average molecular weight is 362 g/mol. The van der Waals surface area contributed by atoms with Crippen molar-refractivity contribution in [1.82, 2.24) is 5.32 Å². The first-order chi connectivity index (χ1) is 13.1. The Kier molecular flexibility index (Phi) is 4.50. The predicted molar refractivity (Wildman–Crippen MR) is 102 cm³/mol. The summed E-state index contributed by atoms with van der Waals surface area (Å²) in [4.78, 5) is 12.4. The Morgan fingerprint density at radius 1 is 0.963 bits per heavy atom. The van der Waals surface area contributed by atoms with Crippen molar-refractivity contribution in [3.05, 3.63) is 94.8 Å². The van der Waals surface area contributed by atoms with Crippen molar-refractivity contribution < 1.29 is 13.9 Å². The fraction of sp³-hybridized carbons (Fsp3) is 0.136. The van der Waals surface area contributed by atoms with E-state index in [2.05, 4.69) is 10.6 Å². The summed E-state index contributed by atoms with van der Waals surface area (Å²) < 4.78 is 19.3. The van der Waals surface area contributed by atoms with Crippen LogP contribution in [0.2, 0.25) is 0 Å². The Morgan fingerprint density at radius 3 is 2.52 bits per heavy atom. The number of fused-ring (bicyclic) bond motifs is 1. The van der Waals surface area contributed by atoms with Crippen molar-refractivity contribution in [3.8, 4) is 5.75 Å². The highest BCUT2D eigenvalue weighted by Gasteiger charge is 2.25. The zero-order valence-electron chi connectivity index (χ0n) is 14.8. The lowest BCUT2D eigenvalue weighted by Gasteiger charge is -2.29. The van der Waals surface area contributed by atoms with Gasteiger partial charge in [0.2, 0.25) is 0 Å². The molecule has 0 bridgehead atoms. The lowest BCUT2D eigenvalue weighted by atomic mass is 10.0. The molecule has 5 heteroatoms. The molecular formula is C22H19FN2O2. The average Bonchev–Trinajstić information content (AvgIpc) is 2.68. The van der Waals surface area contributed by atoms with E-state index < -0.39 is 0 Å². The molecule has 0 saturated heterocycles. The fourth-order valence-electron chi connectivity index (χ4n) is 3.14. The van der Waals surface area contributed by atoms with Gasteiger partial charge in [0, 0.05) is 5.56 Å². The Hall–Kier alpha value is -3.34. The molecule has 3 aromatic rings. The van der Waals surface area contributed by atoms with Crippen LogP contribution in [0.1, 0.15) is 33.2 Å². The first-order valence-corrected chi connectivity index (χ1v) is 8.75. The van der Waals surface area contributed by atoms with Gasteiger partial charge in [0.15, 0.2) is 0 Å². The topological polar surface area (TPSA) is 50.4 Å². The number of rotatable bonds is 4. The molecule has 1 unspecified atom stereocenters. The third-order valence-electron chi connectivity index (χ3n) is 4.65. The van der Waals surface area contributed by atoms with Gasteiger partial charge in [-0.2, -0.15) is 0 Å². The maximum absolute atomic E-state index is 13.7. The Labute approximate surface area is 157 Å². The van der Waals surface area contributed by atoms with Crippen LogP contribution in [-0.4, -0.2) is 5.91 Å². The van der Waals surface area contributed by atoms with Gasteiger partial charge in [-0.1, -0.05) is 42.5 Å². The summed E-state index contributed by atoms with van der Waals surface area (Å²) in [7, 11) is 0. The molecule has 1 heterocycles. The largest absolute Gasteiger partial charge is 0.489 e. The van der Waals surface area contributed by atoms with Crippen molar-refractivity contribution >= 4 is 11.6 Å². The maximum Gasteiger partial charge on any atom is 0.255 e. The molecular weight excluding hydrogens is 343 g/mol. The van der Waals surface area contributed by atoms with Gasteiger partial charge in [0.05, 0.1) is 11.3 Å². The summed E-state index contributed by atoms with van der Waals surface area (Å²) in [6, 6.07) is 19.6.